The number of aliphatic hydroxyl groups is 1. The summed E-state index contributed by atoms with van der Waals surface area (Å²) >= 11 is 0. The van der Waals surface area contributed by atoms with Gasteiger partial charge in [0.05, 0.1) is 0 Å². The minimum atomic E-state index is -0.0869. The summed E-state index contributed by atoms with van der Waals surface area (Å²) in [5, 5.41) is 11.4. The standard InChI is InChI=1S/C14H17NO.ClH/c1-10-6-7-11-4-2-3-5-12(11)14(10)13(15)8-9-16;/h2-7,13,16H,8-9,15H2,1H3;1H. The second kappa shape index (κ2) is 6.01. The van der Waals surface area contributed by atoms with Crippen molar-refractivity contribution in [1.29, 1.82) is 0 Å². The highest BCUT2D eigenvalue weighted by molar-refractivity contribution is 5.87. The third-order valence-corrected chi connectivity index (χ3v) is 3.00. The van der Waals surface area contributed by atoms with Crippen LogP contribution >= 0.6 is 12.4 Å². The number of hydrogen-bond donors (Lipinski definition) is 2. The van der Waals surface area contributed by atoms with Gasteiger partial charge in [0.25, 0.3) is 0 Å². The Kier molecular flexibility index (Phi) is 4.94. The lowest BCUT2D eigenvalue weighted by Gasteiger charge is -2.16. The number of aryl methyl sites for hydroxylation is 1. The van der Waals surface area contributed by atoms with E-state index in [0.717, 1.165) is 5.56 Å². The summed E-state index contributed by atoms with van der Waals surface area (Å²) < 4.78 is 0. The first-order chi connectivity index (χ1) is 7.74. The molecule has 0 fully saturated rings. The molecule has 92 valence electrons. The molecule has 0 saturated heterocycles. The third kappa shape index (κ3) is 2.78. The molecule has 0 heterocycles. The van der Waals surface area contributed by atoms with Gasteiger partial charge in [0.15, 0.2) is 0 Å². The number of hydrogen-bond acceptors (Lipinski definition) is 2. The number of halogens is 1. The van der Waals surface area contributed by atoms with Gasteiger partial charge in [0.1, 0.15) is 0 Å². The van der Waals surface area contributed by atoms with Crippen molar-refractivity contribution in [3.05, 3.63) is 47.5 Å². The van der Waals surface area contributed by atoms with Gasteiger partial charge in [-0.05, 0) is 35.2 Å². The predicted octanol–water partition coefficient (Wildman–Crippen LogP) is 2.95. The molecule has 2 nitrogen and oxygen atoms in total. The molecule has 0 spiro atoms. The lowest BCUT2D eigenvalue weighted by atomic mass is 9.93. The van der Waals surface area contributed by atoms with Crippen molar-refractivity contribution < 1.29 is 5.11 Å². The molecule has 1 unspecified atom stereocenters. The van der Waals surface area contributed by atoms with Crippen LogP contribution in [0.1, 0.15) is 23.6 Å². The molecule has 0 saturated carbocycles. The van der Waals surface area contributed by atoms with Gasteiger partial charge in [-0.3, -0.25) is 0 Å². The fraction of sp³-hybridized carbons (Fsp3) is 0.286. The molecule has 3 heteroatoms. The van der Waals surface area contributed by atoms with Gasteiger partial charge in [0, 0.05) is 12.6 Å². The summed E-state index contributed by atoms with van der Waals surface area (Å²) in [5.74, 6) is 0. The van der Waals surface area contributed by atoms with Crippen LogP contribution < -0.4 is 5.73 Å². The van der Waals surface area contributed by atoms with Crippen LogP contribution in [0.4, 0.5) is 0 Å². The molecule has 0 aromatic heterocycles. The normalized spacial score (nSPS) is 12.2. The third-order valence-electron chi connectivity index (χ3n) is 3.00. The Bertz CT molecular complexity index is 499. The zero-order valence-corrected chi connectivity index (χ0v) is 10.7. The smallest absolute Gasteiger partial charge is 0.0449 e. The molecular formula is C14H18ClNO. The second-order valence-corrected chi connectivity index (χ2v) is 4.14. The zero-order valence-electron chi connectivity index (χ0n) is 9.89. The molecule has 0 aliphatic rings. The monoisotopic (exact) mass is 251 g/mol. The maximum Gasteiger partial charge on any atom is 0.0449 e. The first-order valence-corrected chi connectivity index (χ1v) is 5.58. The van der Waals surface area contributed by atoms with E-state index < -0.39 is 0 Å². The molecule has 2 aromatic carbocycles. The van der Waals surface area contributed by atoms with Crippen molar-refractivity contribution in [2.75, 3.05) is 6.61 Å². The number of nitrogens with two attached hydrogens (primary N) is 1. The van der Waals surface area contributed by atoms with Crippen molar-refractivity contribution in [3.63, 3.8) is 0 Å². The maximum absolute atomic E-state index is 8.98. The zero-order chi connectivity index (χ0) is 11.5. The average Bonchev–Trinajstić information content (AvgIpc) is 2.29. The van der Waals surface area contributed by atoms with Crippen LogP contribution in [0, 0.1) is 6.92 Å². The van der Waals surface area contributed by atoms with Crippen LogP contribution in [-0.4, -0.2) is 11.7 Å². The lowest BCUT2D eigenvalue weighted by Crippen LogP contribution is -2.13. The van der Waals surface area contributed by atoms with Crippen LogP contribution in [0.5, 0.6) is 0 Å². The summed E-state index contributed by atoms with van der Waals surface area (Å²) in [6.45, 7) is 2.20. The van der Waals surface area contributed by atoms with Crippen LogP contribution in [0.25, 0.3) is 10.8 Å². The van der Waals surface area contributed by atoms with Crippen LogP contribution in [0.15, 0.2) is 36.4 Å². The molecule has 3 N–H and O–H groups in total. The SMILES string of the molecule is Cc1ccc2ccccc2c1C(N)CCO.Cl. The second-order valence-electron chi connectivity index (χ2n) is 4.14. The number of fused-ring (bicyclic) bond motifs is 1. The summed E-state index contributed by atoms with van der Waals surface area (Å²) in [4.78, 5) is 0. The van der Waals surface area contributed by atoms with E-state index in [9.17, 15) is 0 Å². The van der Waals surface area contributed by atoms with Crippen LogP contribution in [-0.2, 0) is 0 Å². The fourth-order valence-electron chi connectivity index (χ4n) is 2.18. The van der Waals surface area contributed by atoms with Gasteiger partial charge in [-0.25, -0.2) is 0 Å². The van der Waals surface area contributed by atoms with Gasteiger partial charge in [-0.2, -0.15) is 0 Å². The van der Waals surface area contributed by atoms with Crippen molar-refractivity contribution in [3.8, 4) is 0 Å². The molecule has 0 bridgehead atoms. The van der Waals surface area contributed by atoms with Gasteiger partial charge in [0.2, 0.25) is 0 Å². The minimum Gasteiger partial charge on any atom is -0.396 e. The molecule has 0 radical (unpaired) electrons. The average molecular weight is 252 g/mol. The van der Waals surface area contributed by atoms with Gasteiger partial charge in [-0.15, -0.1) is 12.4 Å². The van der Waals surface area contributed by atoms with Crippen molar-refractivity contribution in [1.82, 2.24) is 0 Å². The number of aliphatic hydroxyl groups excluding tert-OH is 1. The Morgan fingerprint density at radius 3 is 2.59 bits per heavy atom. The van der Waals surface area contributed by atoms with Crippen molar-refractivity contribution in [2.24, 2.45) is 5.73 Å². The summed E-state index contributed by atoms with van der Waals surface area (Å²) in [7, 11) is 0. The van der Waals surface area contributed by atoms with E-state index in [1.165, 1.54) is 16.3 Å². The van der Waals surface area contributed by atoms with Gasteiger partial charge in [-0.1, -0.05) is 36.4 Å². The highest BCUT2D eigenvalue weighted by Gasteiger charge is 2.11. The van der Waals surface area contributed by atoms with Gasteiger partial charge < -0.3 is 10.8 Å². The Hall–Kier alpha value is -1.09. The fourth-order valence-corrected chi connectivity index (χ4v) is 2.18. The lowest BCUT2D eigenvalue weighted by molar-refractivity contribution is 0.276. The molecule has 0 amide bonds. The van der Waals surface area contributed by atoms with E-state index in [4.69, 9.17) is 10.8 Å². The first kappa shape index (κ1) is 14.0. The van der Waals surface area contributed by atoms with E-state index in [0.29, 0.717) is 6.42 Å². The summed E-state index contributed by atoms with van der Waals surface area (Å²) in [5.41, 5.74) is 8.47. The first-order valence-electron chi connectivity index (χ1n) is 5.58. The molecule has 0 aliphatic heterocycles. The Balaban J connectivity index is 0.00000144. The summed E-state index contributed by atoms with van der Waals surface area (Å²) in [6, 6.07) is 12.3. The molecule has 1 atom stereocenters. The van der Waals surface area contributed by atoms with Crippen LogP contribution in [0.2, 0.25) is 0 Å². The Morgan fingerprint density at radius 1 is 1.18 bits per heavy atom. The Labute approximate surface area is 108 Å². The largest absolute Gasteiger partial charge is 0.396 e. The van der Waals surface area contributed by atoms with Gasteiger partial charge >= 0.3 is 0 Å². The highest BCUT2D eigenvalue weighted by Crippen LogP contribution is 2.27. The predicted molar refractivity (Wildman–Crippen MR) is 74.6 cm³/mol. The quantitative estimate of drug-likeness (QED) is 0.881. The number of benzene rings is 2. The molecule has 17 heavy (non-hydrogen) atoms. The molecule has 0 aliphatic carbocycles. The van der Waals surface area contributed by atoms with E-state index in [1.807, 2.05) is 12.1 Å². The number of rotatable bonds is 3. The molecule has 2 rings (SSSR count). The van der Waals surface area contributed by atoms with Crippen molar-refractivity contribution in [2.45, 2.75) is 19.4 Å². The van der Waals surface area contributed by atoms with E-state index in [-0.39, 0.29) is 25.1 Å². The summed E-state index contributed by atoms with van der Waals surface area (Å²) in [6.07, 6.45) is 0.606. The molecular weight excluding hydrogens is 234 g/mol. The van der Waals surface area contributed by atoms with E-state index >= 15 is 0 Å². The topological polar surface area (TPSA) is 46.2 Å². The minimum absolute atomic E-state index is 0. The van der Waals surface area contributed by atoms with Crippen molar-refractivity contribution >= 4 is 23.2 Å². The van der Waals surface area contributed by atoms with E-state index in [2.05, 4.69) is 31.2 Å². The maximum atomic E-state index is 8.98. The molecule has 2 aromatic rings. The van der Waals surface area contributed by atoms with Crippen LogP contribution in [0.3, 0.4) is 0 Å². The van der Waals surface area contributed by atoms with E-state index in [1.54, 1.807) is 0 Å². The highest BCUT2D eigenvalue weighted by atomic mass is 35.5. The Morgan fingerprint density at radius 2 is 1.88 bits per heavy atom.